The van der Waals surface area contributed by atoms with Crippen LogP contribution in [0.4, 0.5) is 5.69 Å². The van der Waals surface area contributed by atoms with Gasteiger partial charge in [-0.25, -0.2) is 13.2 Å². The van der Waals surface area contributed by atoms with Crippen LogP contribution in [0.2, 0.25) is 0 Å². The molecule has 2 aromatic rings. The summed E-state index contributed by atoms with van der Waals surface area (Å²) in [7, 11) is -3.54. The van der Waals surface area contributed by atoms with Crippen LogP contribution in [0.3, 0.4) is 0 Å². The van der Waals surface area contributed by atoms with E-state index in [4.69, 9.17) is 4.74 Å². The lowest BCUT2D eigenvalue weighted by Gasteiger charge is -2.25. The molecule has 9 heteroatoms. The number of carbonyl (C=O) groups excluding carboxylic acids is 2. The quantitative estimate of drug-likeness (QED) is 0.679. The van der Waals surface area contributed by atoms with E-state index < -0.39 is 28.5 Å². The normalized spacial score (nSPS) is 14.8. The van der Waals surface area contributed by atoms with Crippen LogP contribution >= 0.6 is 0 Å². The second-order valence-corrected chi connectivity index (χ2v) is 9.02. The first-order valence-corrected chi connectivity index (χ1v) is 11.1. The molecule has 1 fully saturated rings. The first-order chi connectivity index (χ1) is 14.3. The largest absolute Gasteiger partial charge is 0.507 e. The molecule has 1 saturated heterocycles. The molecule has 2 N–H and O–H groups in total. The third kappa shape index (κ3) is 4.98. The van der Waals surface area contributed by atoms with Gasteiger partial charge in [0, 0.05) is 18.8 Å². The molecule has 30 heavy (non-hydrogen) atoms. The summed E-state index contributed by atoms with van der Waals surface area (Å²) in [4.78, 5) is 24.3. The van der Waals surface area contributed by atoms with Gasteiger partial charge >= 0.3 is 5.97 Å². The molecule has 1 heterocycles. The van der Waals surface area contributed by atoms with Crippen LogP contribution in [0, 0.1) is 6.92 Å². The van der Waals surface area contributed by atoms with Gasteiger partial charge in [0.05, 0.1) is 4.90 Å². The van der Waals surface area contributed by atoms with Crippen molar-refractivity contribution >= 4 is 27.6 Å². The van der Waals surface area contributed by atoms with E-state index >= 15 is 0 Å². The van der Waals surface area contributed by atoms with Crippen molar-refractivity contribution in [3.05, 3.63) is 53.6 Å². The molecule has 0 unspecified atom stereocenters. The van der Waals surface area contributed by atoms with E-state index in [1.165, 1.54) is 34.6 Å². The number of rotatable bonds is 6. The average molecular weight is 432 g/mol. The number of piperidine rings is 1. The number of phenols is 1. The van der Waals surface area contributed by atoms with Crippen molar-refractivity contribution in [3.8, 4) is 5.75 Å². The summed E-state index contributed by atoms with van der Waals surface area (Å²) in [5.74, 6) is -1.58. The fraction of sp³-hybridized carbons (Fsp3) is 0.333. The van der Waals surface area contributed by atoms with Gasteiger partial charge in [-0.1, -0.05) is 18.6 Å². The Morgan fingerprint density at radius 1 is 1.07 bits per heavy atom. The van der Waals surface area contributed by atoms with Crippen LogP contribution in [-0.4, -0.2) is 49.4 Å². The van der Waals surface area contributed by atoms with Crippen LogP contribution in [0.15, 0.2) is 47.4 Å². The highest BCUT2D eigenvalue weighted by Gasteiger charge is 2.25. The molecule has 160 valence electrons. The van der Waals surface area contributed by atoms with Gasteiger partial charge in [0.25, 0.3) is 5.91 Å². The van der Waals surface area contributed by atoms with Crippen molar-refractivity contribution in [2.45, 2.75) is 31.1 Å². The minimum atomic E-state index is -3.54. The summed E-state index contributed by atoms with van der Waals surface area (Å²) < 4.78 is 31.7. The predicted molar refractivity (Wildman–Crippen MR) is 111 cm³/mol. The van der Waals surface area contributed by atoms with Gasteiger partial charge in [0.2, 0.25) is 10.0 Å². The van der Waals surface area contributed by atoms with E-state index in [0.717, 1.165) is 19.3 Å². The van der Waals surface area contributed by atoms with Gasteiger partial charge in [-0.3, -0.25) is 4.79 Å². The Balaban J connectivity index is 1.57. The molecular formula is C21H24N2O6S. The Morgan fingerprint density at radius 2 is 1.73 bits per heavy atom. The maximum atomic E-state index is 12.6. The predicted octanol–water partition coefficient (Wildman–Crippen LogP) is 2.67. The number of benzene rings is 2. The molecule has 1 amide bonds. The van der Waals surface area contributed by atoms with E-state index in [9.17, 15) is 23.1 Å². The lowest BCUT2D eigenvalue weighted by molar-refractivity contribution is -0.119. The van der Waals surface area contributed by atoms with E-state index in [1.54, 1.807) is 19.1 Å². The van der Waals surface area contributed by atoms with E-state index in [1.807, 2.05) is 0 Å². The Hall–Kier alpha value is -2.91. The number of ether oxygens (including phenoxy) is 1. The van der Waals surface area contributed by atoms with E-state index in [2.05, 4.69) is 5.32 Å². The van der Waals surface area contributed by atoms with Gasteiger partial charge in [-0.05, 0) is 55.7 Å². The Labute approximate surface area is 175 Å². The summed E-state index contributed by atoms with van der Waals surface area (Å²) in [6.07, 6.45) is 2.74. The summed E-state index contributed by atoms with van der Waals surface area (Å²) in [6.45, 7) is 2.14. The highest BCUT2D eigenvalue weighted by Crippen LogP contribution is 2.23. The van der Waals surface area contributed by atoms with Gasteiger partial charge in [0.15, 0.2) is 6.61 Å². The minimum absolute atomic E-state index is 0.0185. The number of hydrogen-bond donors (Lipinski definition) is 2. The molecule has 0 atom stereocenters. The number of nitrogens with zero attached hydrogens (tertiary/aromatic N) is 1. The fourth-order valence-corrected chi connectivity index (χ4v) is 4.71. The Morgan fingerprint density at radius 3 is 2.40 bits per heavy atom. The smallest absolute Gasteiger partial charge is 0.342 e. The maximum absolute atomic E-state index is 12.6. The number of sulfonamides is 1. The third-order valence-electron chi connectivity index (χ3n) is 4.88. The number of anilines is 1. The molecule has 0 saturated carbocycles. The maximum Gasteiger partial charge on any atom is 0.342 e. The fourth-order valence-electron chi connectivity index (χ4n) is 3.19. The van der Waals surface area contributed by atoms with Crippen molar-refractivity contribution in [2.24, 2.45) is 0 Å². The highest BCUT2D eigenvalue weighted by molar-refractivity contribution is 7.89. The standard InChI is InChI=1S/C21H24N2O6S/c1-15-6-5-7-18(20(15)25)21(26)29-14-19(24)22-16-8-10-17(11-9-16)30(27,28)23-12-3-2-4-13-23/h5-11,25H,2-4,12-14H2,1H3,(H,22,24). The number of amides is 1. The van der Waals surface area contributed by atoms with Gasteiger partial charge < -0.3 is 15.2 Å². The number of esters is 1. The molecule has 0 aromatic heterocycles. The Kier molecular flexibility index (Phi) is 6.73. The van der Waals surface area contributed by atoms with Crippen LogP contribution < -0.4 is 5.32 Å². The second-order valence-electron chi connectivity index (χ2n) is 7.08. The summed E-state index contributed by atoms with van der Waals surface area (Å²) >= 11 is 0. The van der Waals surface area contributed by atoms with Crippen molar-refractivity contribution < 1.29 is 27.9 Å². The number of hydrogen-bond acceptors (Lipinski definition) is 6. The lowest BCUT2D eigenvalue weighted by Crippen LogP contribution is -2.35. The molecule has 0 bridgehead atoms. The molecular weight excluding hydrogens is 408 g/mol. The molecule has 0 spiro atoms. The summed E-state index contributed by atoms with van der Waals surface area (Å²) in [5.41, 5.74) is 0.885. The molecule has 3 rings (SSSR count). The number of nitrogens with one attached hydrogen (secondary N) is 1. The number of carbonyl (C=O) groups is 2. The summed E-state index contributed by atoms with van der Waals surface area (Å²) in [5, 5.41) is 12.4. The van der Waals surface area contributed by atoms with E-state index in [-0.39, 0.29) is 16.2 Å². The van der Waals surface area contributed by atoms with Gasteiger partial charge in [-0.2, -0.15) is 4.31 Å². The van der Waals surface area contributed by atoms with Gasteiger partial charge in [-0.15, -0.1) is 0 Å². The van der Waals surface area contributed by atoms with Crippen molar-refractivity contribution in [2.75, 3.05) is 25.0 Å². The van der Waals surface area contributed by atoms with Crippen LogP contribution in [0.25, 0.3) is 0 Å². The summed E-state index contributed by atoms with van der Waals surface area (Å²) in [6, 6.07) is 10.5. The molecule has 8 nitrogen and oxygen atoms in total. The van der Waals surface area contributed by atoms with Crippen LogP contribution in [0.1, 0.15) is 35.2 Å². The topological polar surface area (TPSA) is 113 Å². The number of phenolic OH excluding ortho intramolecular Hbond substituents is 1. The lowest BCUT2D eigenvalue weighted by atomic mass is 10.1. The molecule has 1 aliphatic heterocycles. The molecule has 2 aromatic carbocycles. The third-order valence-corrected chi connectivity index (χ3v) is 6.80. The molecule has 1 aliphatic rings. The van der Waals surface area contributed by atoms with E-state index in [0.29, 0.717) is 24.3 Å². The first-order valence-electron chi connectivity index (χ1n) is 9.65. The van der Waals surface area contributed by atoms with Crippen LogP contribution in [0.5, 0.6) is 5.75 Å². The highest BCUT2D eigenvalue weighted by atomic mass is 32.2. The second kappa shape index (κ2) is 9.27. The zero-order chi connectivity index (χ0) is 21.7. The zero-order valence-corrected chi connectivity index (χ0v) is 17.4. The number of aryl methyl sites for hydroxylation is 1. The zero-order valence-electron chi connectivity index (χ0n) is 16.6. The first kappa shape index (κ1) is 21.8. The van der Waals surface area contributed by atoms with Crippen molar-refractivity contribution in [1.29, 1.82) is 0 Å². The molecule has 0 aliphatic carbocycles. The molecule has 0 radical (unpaired) electrons. The SMILES string of the molecule is Cc1cccc(C(=O)OCC(=O)Nc2ccc(S(=O)(=O)N3CCCCC3)cc2)c1O. The number of aromatic hydroxyl groups is 1. The van der Waals surface area contributed by atoms with Crippen molar-refractivity contribution in [1.82, 2.24) is 4.31 Å². The minimum Gasteiger partial charge on any atom is -0.507 e. The Bertz CT molecular complexity index is 1030. The monoisotopic (exact) mass is 432 g/mol. The van der Waals surface area contributed by atoms with Crippen molar-refractivity contribution in [3.63, 3.8) is 0 Å². The van der Waals surface area contributed by atoms with Crippen LogP contribution in [-0.2, 0) is 19.6 Å². The average Bonchev–Trinajstić information content (AvgIpc) is 2.75. The number of para-hydroxylation sites is 1. The van der Waals surface area contributed by atoms with Gasteiger partial charge in [0.1, 0.15) is 11.3 Å².